The van der Waals surface area contributed by atoms with E-state index in [4.69, 9.17) is 26.1 Å². The monoisotopic (exact) mass is 457 g/mol. The van der Waals surface area contributed by atoms with Gasteiger partial charge in [-0.05, 0) is 31.2 Å². The molecule has 1 saturated heterocycles. The molecule has 0 bridgehead atoms. The number of aromatic hydroxyl groups is 1. The lowest BCUT2D eigenvalue weighted by molar-refractivity contribution is 0.0778. The summed E-state index contributed by atoms with van der Waals surface area (Å²) in [4.78, 5) is 19.0. The van der Waals surface area contributed by atoms with Gasteiger partial charge in [-0.3, -0.25) is 10.3 Å². The molecule has 1 fully saturated rings. The van der Waals surface area contributed by atoms with Crippen molar-refractivity contribution >= 4 is 23.4 Å². The number of halogens is 1. The van der Waals surface area contributed by atoms with Crippen LogP contribution in [-0.2, 0) is 4.74 Å². The van der Waals surface area contributed by atoms with Crippen LogP contribution in [-0.4, -0.2) is 54.3 Å². The van der Waals surface area contributed by atoms with Crippen molar-refractivity contribution in [2.24, 2.45) is 4.99 Å². The largest absolute Gasteiger partial charge is 0.507 e. The molecule has 0 saturated carbocycles. The van der Waals surface area contributed by atoms with Gasteiger partial charge in [-0.15, -0.1) is 0 Å². The topological polar surface area (TPSA) is 83.4 Å². The highest BCUT2D eigenvalue weighted by Crippen LogP contribution is 2.39. The van der Waals surface area contributed by atoms with Gasteiger partial charge in [-0.25, -0.2) is 4.79 Å². The number of piperidine rings is 1. The third-order valence-corrected chi connectivity index (χ3v) is 6.32. The molecule has 8 heteroatoms. The van der Waals surface area contributed by atoms with E-state index in [1.807, 2.05) is 24.3 Å². The first-order valence-corrected chi connectivity index (χ1v) is 11.2. The summed E-state index contributed by atoms with van der Waals surface area (Å²) in [6.45, 7) is 3.22. The summed E-state index contributed by atoms with van der Waals surface area (Å²) < 4.78 is 10.8. The van der Waals surface area contributed by atoms with Gasteiger partial charge in [0.15, 0.2) is 0 Å². The molecule has 0 radical (unpaired) electrons. The Morgan fingerprint density at radius 3 is 2.75 bits per heavy atom. The molecule has 4 rings (SSSR count). The minimum atomic E-state index is -0.573. The third-order valence-electron chi connectivity index (χ3n) is 6.09. The Hall–Kier alpha value is -2.77. The summed E-state index contributed by atoms with van der Waals surface area (Å²) >= 11 is 6.24. The molecule has 0 aliphatic carbocycles. The van der Waals surface area contributed by atoms with Crippen LogP contribution in [0.25, 0.3) is 0 Å². The number of nitrogens with one attached hydrogen (secondary N) is 1. The molecule has 2 aromatic rings. The summed E-state index contributed by atoms with van der Waals surface area (Å²) in [5.74, 6) is 0.939. The van der Waals surface area contributed by atoms with Crippen molar-refractivity contribution in [2.45, 2.75) is 37.9 Å². The molecule has 0 aromatic heterocycles. The third kappa shape index (κ3) is 4.54. The first-order chi connectivity index (χ1) is 15.4. The van der Waals surface area contributed by atoms with Crippen molar-refractivity contribution in [2.75, 3.05) is 26.8 Å². The molecule has 2 heterocycles. The summed E-state index contributed by atoms with van der Waals surface area (Å²) in [5, 5.41) is 14.8. The van der Waals surface area contributed by atoms with Crippen LogP contribution in [0.1, 0.15) is 43.4 Å². The summed E-state index contributed by atoms with van der Waals surface area (Å²) in [5.41, 5.74) is 1.86. The number of likely N-dealkylation sites (tertiary alicyclic amines) is 1. The highest BCUT2D eigenvalue weighted by atomic mass is 35.5. The SMILES string of the molecule is CCOC(=O)N1CCC2(CC1)N=C(c1cc(Cl)ccc1O)CC(c1ccccc1OC)N2. The van der Waals surface area contributed by atoms with Crippen LogP contribution in [0.3, 0.4) is 0 Å². The number of nitrogens with zero attached hydrogens (tertiary/aromatic N) is 2. The van der Waals surface area contributed by atoms with E-state index in [2.05, 4.69) is 5.32 Å². The second-order valence-corrected chi connectivity index (χ2v) is 8.52. The maximum atomic E-state index is 12.2. The summed E-state index contributed by atoms with van der Waals surface area (Å²) in [7, 11) is 1.66. The lowest BCUT2D eigenvalue weighted by Crippen LogP contribution is -2.56. The molecule has 2 aliphatic rings. The average molecular weight is 458 g/mol. The Morgan fingerprint density at radius 1 is 1.28 bits per heavy atom. The Morgan fingerprint density at radius 2 is 2.03 bits per heavy atom. The van der Waals surface area contributed by atoms with Crippen LogP contribution < -0.4 is 10.1 Å². The quantitative estimate of drug-likeness (QED) is 0.704. The molecule has 2 N–H and O–H groups in total. The number of carbonyl (C=O) groups excluding carboxylic acids is 1. The van der Waals surface area contributed by atoms with Crippen LogP contribution in [0, 0.1) is 0 Å². The number of rotatable bonds is 4. The van der Waals surface area contributed by atoms with Crippen molar-refractivity contribution in [1.29, 1.82) is 0 Å². The maximum Gasteiger partial charge on any atom is 0.409 e. The number of amides is 1. The van der Waals surface area contributed by atoms with E-state index >= 15 is 0 Å². The average Bonchev–Trinajstić information content (AvgIpc) is 2.81. The predicted octanol–water partition coefficient (Wildman–Crippen LogP) is 4.53. The molecule has 1 unspecified atom stereocenters. The van der Waals surface area contributed by atoms with Crippen LogP contribution >= 0.6 is 11.6 Å². The Labute approximate surface area is 193 Å². The van der Waals surface area contributed by atoms with Crippen LogP contribution in [0.15, 0.2) is 47.5 Å². The number of hydrogen-bond acceptors (Lipinski definition) is 6. The number of aliphatic imine (C=N–C) groups is 1. The lowest BCUT2D eigenvalue weighted by atomic mass is 9.87. The van der Waals surface area contributed by atoms with Crippen molar-refractivity contribution in [3.8, 4) is 11.5 Å². The number of hydrogen-bond donors (Lipinski definition) is 2. The van der Waals surface area contributed by atoms with Gasteiger partial charge in [-0.2, -0.15) is 0 Å². The van der Waals surface area contributed by atoms with E-state index in [1.54, 1.807) is 37.1 Å². The van der Waals surface area contributed by atoms with Gasteiger partial charge in [0.1, 0.15) is 17.2 Å². The highest BCUT2D eigenvalue weighted by molar-refractivity contribution is 6.31. The molecular formula is C24H28ClN3O4. The maximum absolute atomic E-state index is 12.2. The van der Waals surface area contributed by atoms with Gasteiger partial charge in [0, 0.05) is 60.3 Å². The van der Waals surface area contributed by atoms with Gasteiger partial charge in [0.05, 0.1) is 13.7 Å². The molecule has 1 spiro atoms. The van der Waals surface area contributed by atoms with E-state index in [9.17, 15) is 9.90 Å². The van der Waals surface area contributed by atoms with E-state index in [-0.39, 0.29) is 17.9 Å². The second-order valence-electron chi connectivity index (χ2n) is 8.08. The fourth-order valence-corrected chi connectivity index (χ4v) is 4.66. The van der Waals surface area contributed by atoms with Gasteiger partial charge in [0.25, 0.3) is 0 Å². The summed E-state index contributed by atoms with van der Waals surface area (Å²) in [6, 6.07) is 12.8. The number of methoxy groups -OCH3 is 1. The van der Waals surface area contributed by atoms with E-state index in [0.29, 0.717) is 49.5 Å². The molecule has 7 nitrogen and oxygen atoms in total. The Kier molecular flexibility index (Phi) is 6.58. The standard InChI is InChI=1S/C24H28ClN3O4/c1-3-32-23(30)28-12-10-24(11-13-28)26-19(17-6-4-5-7-22(17)31-2)15-20(27-24)18-14-16(25)8-9-21(18)29/h4-9,14,19,26,29H,3,10-13,15H2,1-2H3. The van der Waals surface area contributed by atoms with Crippen LogP contribution in [0.5, 0.6) is 11.5 Å². The number of benzene rings is 2. The number of phenolic OH excluding ortho intramolecular Hbond substituents is 1. The van der Waals surface area contributed by atoms with Crippen LogP contribution in [0.2, 0.25) is 5.02 Å². The Balaban J connectivity index is 1.70. The number of phenols is 1. The lowest BCUT2D eigenvalue weighted by Gasteiger charge is -2.45. The molecule has 2 aromatic carbocycles. The molecule has 1 atom stereocenters. The minimum Gasteiger partial charge on any atom is -0.507 e. The Bertz CT molecular complexity index is 1020. The fourth-order valence-electron chi connectivity index (χ4n) is 4.49. The van der Waals surface area contributed by atoms with Crippen molar-refractivity contribution in [1.82, 2.24) is 10.2 Å². The first kappa shape index (κ1) is 22.4. The summed E-state index contributed by atoms with van der Waals surface area (Å²) in [6.07, 6.45) is 1.53. The van der Waals surface area contributed by atoms with Crippen molar-refractivity contribution < 1.29 is 19.4 Å². The molecule has 1 amide bonds. The molecule has 32 heavy (non-hydrogen) atoms. The van der Waals surface area contributed by atoms with Gasteiger partial charge < -0.3 is 19.5 Å². The minimum absolute atomic E-state index is 0.0776. The molecule has 2 aliphatic heterocycles. The number of para-hydroxylation sites is 1. The van der Waals surface area contributed by atoms with Gasteiger partial charge in [0.2, 0.25) is 0 Å². The number of carbonyl (C=O) groups is 1. The second kappa shape index (κ2) is 9.38. The zero-order chi connectivity index (χ0) is 22.7. The molecular weight excluding hydrogens is 430 g/mol. The van der Waals surface area contributed by atoms with E-state index < -0.39 is 5.66 Å². The van der Waals surface area contributed by atoms with E-state index in [0.717, 1.165) is 17.0 Å². The number of ether oxygens (including phenoxy) is 2. The predicted molar refractivity (Wildman–Crippen MR) is 124 cm³/mol. The highest BCUT2D eigenvalue weighted by Gasteiger charge is 2.42. The van der Waals surface area contributed by atoms with Crippen molar-refractivity contribution in [3.63, 3.8) is 0 Å². The normalized spacial score (nSPS) is 20.0. The molecule has 170 valence electrons. The van der Waals surface area contributed by atoms with Crippen LogP contribution in [0.4, 0.5) is 4.79 Å². The van der Waals surface area contributed by atoms with E-state index in [1.165, 1.54) is 0 Å². The van der Waals surface area contributed by atoms with Crippen molar-refractivity contribution in [3.05, 3.63) is 58.6 Å². The smallest absolute Gasteiger partial charge is 0.409 e. The zero-order valence-corrected chi connectivity index (χ0v) is 19.1. The van der Waals surface area contributed by atoms with Gasteiger partial charge in [-0.1, -0.05) is 29.8 Å². The first-order valence-electron chi connectivity index (χ1n) is 10.8. The fraction of sp³-hybridized carbons (Fsp3) is 0.417. The zero-order valence-electron chi connectivity index (χ0n) is 18.3. The van der Waals surface area contributed by atoms with Gasteiger partial charge >= 0.3 is 6.09 Å².